The van der Waals surface area contributed by atoms with Crippen LogP contribution >= 0.6 is 0 Å². The van der Waals surface area contributed by atoms with E-state index in [0.717, 1.165) is 19.4 Å². The van der Waals surface area contributed by atoms with Crippen molar-refractivity contribution >= 4 is 5.91 Å². The van der Waals surface area contributed by atoms with Crippen LogP contribution in [0.2, 0.25) is 0 Å². The normalized spacial score (nSPS) is 11.7. The molecule has 1 rings (SSSR count). The van der Waals surface area contributed by atoms with Crippen LogP contribution < -0.4 is 5.32 Å². The van der Waals surface area contributed by atoms with E-state index in [2.05, 4.69) is 22.6 Å². The minimum Gasteiger partial charge on any atom is -0.393 e. The molecule has 1 heterocycles. The zero-order chi connectivity index (χ0) is 19.3. The second-order valence-corrected chi connectivity index (χ2v) is 7.13. The molecule has 0 spiro atoms. The first kappa shape index (κ1) is 22.6. The maximum Gasteiger partial charge on any atom is 0.217 e. The number of carbonyl (C=O) groups excluding carboxylic acids is 1. The van der Waals surface area contributed by atoms with Crippen LogP contribution in [0.3, 0.4) is 0 Å². The summed E-state index contributed by atoms with van der Waals surface area (Å²) in [4.78, 5) is 11.3. The van der Waals surface area contributed by atoms with Gasteiger partial charge in [0.2, 0.25) is 5.91 Å². The molecule has 26 heavy (non-hydrogen) atoms. The lowest BCUT2D eigenvalue weighted by Gasteiger charge is -2.27. The maximum atomic E-state index is 11.3. The largest absolute Gasteiger partial charge is 0.393 e. The molecule has 0 radical (unpaired) electrons. The number of nitrogens with one attached hydrogen (secondary N) is 1. The Morgan fingerprint density at radius 1 is 1.04 bits per heavy atom. The summed E-state index contributed by atoms with van der Waals surface area (Å²) in [6.45, 7) is 3.47. The van der Waals surface area contributed by atoms with Gasteiger partial charge in [-0.2, -0.15) is 0 Å². The number of nitrogens with zero attached hydrogens (tertiary/aromatic N) is 3. The van der Waals surface area contributed by atoms with Gasteiger partial charge in [-0.05, 0) is 6.42 Å². The third kappa shape index (κ3) is 7.83. The molecule has 0 atom stereocenters. The van der Waals surface area contributed by atoms with Crippen molar-refractivity contribution in [3.63, 3.8) is 0 Å². The summed E-state index contributed by atoms with van der Waals surface area (Å²) in [5.74, 6) is -0.336. The van der Waals surface area contributed by atoms with Gasteiger partial charge in [-0.3, -0.25) is 9.48 Å². The molecule has 150 valence electrons. The fourth-order valence-electron chi connectivity index (χ4n) is 3.08. The van der Waals surface area contributed by atoms with Gasteiger partial charge < -0.3 is 15.5 Å². The van der Waals surface area contributed by atoms with Crippen LogP contribution in [-0.2, 0) is 16.9 Å². The Labute approximate surface area is 157 Å². The van der Waals surface area contributed by atoms with Crippen LogP contribution in [0.15, 0.2) is 6.20 Å². The van der Waals surface area contributed by atoms with E-state index in [9.17, 15) is 15.0 Å². The van der Waals surface area contributed by atoms with E-state index in [4.69, 9.17) is 0 Å². The fraction of sp³-hybridized carbons (Fsp3) is 0.842. The molecule has 0 aliphatic rings. The van der Waals surface area contributed by atoms with Crippen molar-refractivity contribution in [1.82, 2.24) is 20.3 Å². The minimum absolute atomic E-state index is 0.336. The summed E-state index contributed by atoms with van der Waals surface area (Å²) in [5.41, 5.74) is -0.897. The molecule has 7 nitrogen and oxygen atoms in total. The smallest absolute Gasteiger partial charge is 0.217 e. The summed E-state index contributed by atoms with van der Waals surface area (Å²) in [6.07, 6.45) is 14.4. The number of carbonyl (C=O) groups is 1. The molecule has 0 saturated carbocycles. The number of aliphatic hydroxyl groups excluding tert-OH is 2. The zero-order valence-electron chi connectivity index (χ0n) is 16.4. The Morgan fingerprint density at radius 2 is 1.58 bits per heavy atom. The lowest BCUT2D eigenvalue weighted by Crippen LogP contribution is -2.51. The van der Waals surface area contributed by atoms with E-state index in [1.165, 1.54) is 58.3 Å². The Balaban J connectivity index is 2.28. The first-order valence-corrected chi connectivity index (χ1v) is 9.99. The van der Waals surface area contributed by atoms with Crippen molar-refractivity contribution in [3.05, 3.63) is 11.9 Å². The van der Waals surface area contributed by atoms with E-state index in [1.807, 2.05) is 0 Å². The third-order valence-corrected chi connectivity index (χ3v) is 4.72. The SMILES string of the molecule is CCCCCCCCCCCCn1cc(C(CO)(CO)NC(C)=O)nn1. The van der Waals surface area contributed by atoms with Gasteiger partial charge in [0.1, 0.15) is 11.2 Å². The van der Waals surface area contributed by atoms with Crippen molar-refractivity contribution in [2.45, 2.75) is 90.1 Å². The first-order valence-electron chi connectivity index (χ1n) is 9.99. The molecule has 0 fully saturated rings. The highest BCUT2D eigenvalue weighted by molar-refractivity contribution is 5.74. The van der Waals surface area contributed by atoms with E-state index >= 15 is 0 Å². The second-order valence-electron chi connectivity index (χ2n) is 7.13. The van der Waals surface area contributed by atoms with Gasteiger partial charge in [-0.15, -0.1) is 5.10 Å². The fourth-order valence-corrected chi connectivity index (χ4v) is 3.08. The van der Waals surface area contributed by atoms with Gasteiger partial charge in [0.15, 0.2) is 0 Å². The molecule has 1 amide bonds. The number of amides is 1. The number of rotatable bonds is 15. The molecule has 0 saturated heterocycles. The summed E-state index contributed by atoms with van der Waals surface area (Å²) >= 11 is 0. The third-order valence-electron chi connectivity index (χ3n) is 4.72. The zero-order valence-corrected chi connectivity index (χ0v) is 16.4. The maximum absolute atomic E-state index is 11.3. The average molecular weight is 369 g/mol. The van der Waals surface area contributed by atoms with Crippen molar-refractivity contribution < 1.29 is 15.0 Å². The van der Waals surface area contributed by atoms with E-state index < -0.39 is 18.8 Å². The number of unbranched alkanes of at least 4 members (excludes halogenated alkanes) is 9. The molecule has 1 aromatic rings. The van der Waals surface area contributed by atoms with Crippen LogP contribution in [0.25, 0.3) is 0 Å². The Kier molecular flexibility index (Phi) is 11.1. The Bertz CT molecular complexity index is 501. The van der Waals surface area contributed by atoms with Gasteiger partial charge in [-0.1, -0.05) is 69.9 Å². The summed E-state index contributed by atoms with van der Waals surface area (Å²) in [7, 11) is 0. The van der Waals surface area contributed by atoms with Gasteiger partial charge in [-0.25, -0.2) is 0 Å². The standard InChI is InChI=1S/C19H36N4O3/c1-3-4-5-6-7-8-9-10-11-12-13-23-14-18(21-22-23)19(15-24,16-25)20-17(2)26/h14,24-25H,3-13,15-16H2,1-2H3,(H,20,26). The van der Waals surface area contributed by atoms with Crippen LogP contribution in [0.1, 0.15) is 83.7 Å². The number of aliphatic hydroxyl groups is 2. The molecule has 3 N–H and O–H groups in total. The summed E-state index contributed by atoms with van der Waals surface area (Å²) < 4.78 is 1.71. The lowest BCUT2D eigenvalue weighted by atomic mass is 9.98. The number of hydrogen-bond acceptors (Lipinski definition) is 5. The molecular formula is C19H36N4O3. The van der Waals surface area contributed by atoms with Gasteiger partial charge in [0.25, 0.3) is 0 Å². The minimum atomic E-state index is -1.28. The second kappa shape index (κ2) is 12.8. The monoisotopic (exact) mass is 368 g/mol. The van der Waals surface area contributed by atoms with Gasteiger partial charge >= 0.3 is 0 Å². The molecular weight excluding hydrogens is 332 g/mol. The van der Waals surface area contributed by atoms with Crippen molar-refractivity contribution in [2.75, 3.05) is 13.2 Å². The van der Waals surface area contributed by atoms with Crippen molar-refractivity contribution in [2.24, 2.45) is 0 Å². The molecule has 0 aliphatic carbocycles. The van der Waals surface area contributed by atoms with Crippen LogP contribution in [-0.4, -0.2) is 44.3 Å². The van der Waals surface area contributed by atoms with E-state index in [0.29, 0.717) is 5.69 Å². The quantitative estimate of drug-likeness (QED) is 0.413. The average Bonchev–Trinajstić information content (AvgIpc) is 3.10. The van der Waals surface area contributed by atoms with Gasteiger partial charge in [0.05, 0.1) is 19.4 Å². The topological polar surface area (TPSA) is 100 Å². The lowest BCUT2D eigenvalue weighted by molar-refractivity contribution is -0.122. The highest BCUT2D eigenvalue weighted by atomic mass is 16.3. The molecule has 1 aromatic heterocycles. The summed E-state index contributed by atoms with van der Waals surface area (Å²) in [5, 5.41) is 29.9. The highest BCUT2D eigenvalue weighted by Crippen LogP contribution is 2.18. The Hall–Kier alpha value is -1.47. The van der Waals surface area contributed by atoms with Gasteiger partial charge in [0, 0.05) is 13.5 Å². The molecule has 0 aromatic carbocycles. The number of aryl methyl sites for hydroxylation is 1. The van der Waals surface area contributed by atoms with E-state index in [1.54, 1.807) is 10.9 Å². The highest BCUT2D eigenvalue weighted by Gasteiger charge is 2.35. The predicted octanol–water partition coefficient (Wildman–Crippen LogP) is 2.51. The molecule has 7 heteroatoms. The number of hydrogen-bond donors (Lipinski definition) is 3. The van der Waals surface area contributed by atoms with Crippen molar-refractivity contribution in [1.29, 1.82) is 0 Å². The molecule has 0 unspecified atom stereocenters. The molecule has 0 aliphatic heterocycles. The van der Waals surface area contributed by atoms with Crippen LogP contribution in [0.4, 0.5) is 0 Å². The van der Waals surface area contributed by atoms with Crippen molar-refractivity contribution in [3.8, 4) is 0 Å². The molecule has 0 bridgehead atoms. The number of aromatic nitrogens is 3. The summed E-state index contributed by atoms with van der Waals surface area (Å²) in [6, 6.07) is 0. The van der Waals surface area contributed by atoms with E-state index in [-0.39, 0.29) is 5.91 Å². The first-order chi connectivity index (χ1) is 12.6. The van der Waals surface area contributed by atoms with Crippen LogP contribution in [0.5, 0.6) is 0 Å². The predicted molar refractivity (Wildman–Crippen MR) is 102 cm³/mol. The Morgan fingerprint density at radius 3 is 2.08 bits per heavy atom. The van der Waals surface area contributed by atoms with Crippen LogP contribution in [0, 0.1) is 0 Å².